The Labute approximate surface area is 156 Å². The molecule has 2 aromatic heterocycles. The summed E-state index contributed by atoms with van der Waals surface area (Å²) in [7, 11) is 0. The molecular weight excluding hydrogens is 348 g/mol. The van der Waals surface area contributed by atoms with Crippen LogP contribution in [-0.4, -0.2) is 21.6 Å². The molecule has 0 saturated carbocycles. The Morgan fingerprint density at radius 1 is 1.23 bits per heavy atom. The molecule has 136 valence electrons. The van der Waals surface area contributed by atoms with E-state index in [1.165, 1.54) is 27.8 Å². The second-order valence-electron chi connectivity index (χ2n) is 6.50. The van der Waals surface area contributed by atoms with Gasteiger partial charge in [-0.05, 0) is 38.3 Å². The Hall–Kier alpha value is -2.47. The van der Waals surface area contributed by atoms with E-state index in [9.17, 15) is 9.59 Å². The van der Waals surface area contributed by atoms with Gasteiger partial charge < -0.3 is 4.74 Å². The molecule has 0 aliphatic carbocycles. The van der Waals surface area contributed by atoms with Crippen LogP contribution in [0.3, 0.4) is 0 Å². The molecule has 0 N–H and O–H groups in total. The molecule has 1 aromatic carbocycles. The molecule has 0 fully saturated rings. The zero-order chi connectivity index (χ0) is 18.8. The van der Waals surface area contributed by atoms with E-state index in [1.807, 2.05) is 17.5 Å². The summed E-state index contributed by atoms with van der Waals surface area (Å²) in [6, 6.07) is 7.45. The Bertz CT molecular complexity index is 986. The summed E-state index contributed by atoms with van der Waals surface area (Å²) in [5.74, 6) is -0.438. The van der Waals surface area contributed by atoms with Gasteiger partial charge in [-0.25, -0.2) is 9.78 Å². The summed E-state index contributed by atoms with van der Waals surface area (Å²) in [6.07, 6.45) is 2.16. The summed E-state index contributed by atoms with van der Waals surface area (Å²) in [6.45, 7) is 7.33. The fourth-order valence-corrected chi connectivity index (χ4v) is 3.70. The van der Waals surface area contributed by atoms with Crippen molar-refractivity contribution in [3.05, 3.63) is 51.9 Å². The molecule has 0 aliphatic heterocycles. The van der Waals surface area contributed by atoms with Crippen molar-refractivity contribution in [1.82, 2.24) is 9.55 Å². The van der Waals surface area contributed by atoms with Gasteiger partial charge in [0.2, 0.25) is 0 Å². The van der Waals surface area contributed by atoms with E-state index in [-0.39, 0.29) is 11.7 Å². The quantitative estimate of drug-likeness (QED) is 0.632. The molecule has 3 aromatic rings. The van der Waals surface area contributed by atoms with E-state index in [0.717, 1.165) is 17.5 Å². The van der Waals surface area contributed by atoms with Crippen molar-refractivity contribution in [2.45, 2.75) is 46.3 Å². The third-order valence-corrected chi connectivity index (χ3v) is 5.19. The van der Waals surface area contributed by atoms with Crippen LogP contribution in [0.5, 0.6) is 0 Å². The lowest BCUT2D eigenvalue weighted by atomic mass is 10.0. The van der Waals surface area contributed by atoms with E-state index in [0.29, 0.717) is 10.2 Å². The Morgan fingerprint density at radius 3 is 2.54 bits per heavy atom. The van der Waals surface area contributed by atoms with Crippen LogP contribution in [0.2, 0.25) is 0 Å². The SMILES string of the molecule is CCc1ccc(-c2csc3ncn([C@@H](C)C(=O)OC(C)C)c(=O)c23)cc1. The van der Waals surface area contributed by atoms with Crippen molar-refractivity contribution in [3.63, 3.8) is 0 Å². The van der Waals surface area contributed by atoms with Gasteiger partial charge in [-0.2, -0.15) is 0 Å². The van der Waals surface area contributed by atoms with Crippen molar-refractivity contribution in [2.75, 3.05) is 0 Å². The summed E-state index contributed by atoms with van der Waals surface area (Å²) >= 11 is 1.43. The number of hydrogen-bond acceptors (Lipinski definition) is 5. The number of carbonyl (C=O) groups is 1. The van der Waals surface area contributed by atoms with Gasteiger partial charge >= 0.3 is 5.97 Å². The number of carbonyl (C=O) groups excluding carboxylic acids is 1. The van der Waals surface area contributed by atoms with Gasteiger partial charge in [-0.1, -0.05) is 31.2 Å². The first-order valence-electron chi connectivity index (χ1n) is 8.70. The van der Waals surface area contributed by atoms with Crippen LogP contribution in [0.1, 0.15) is 39.3 Å². The first kappa shape index (κ1) is 18.3. The predicted molar refractivity (Wildman–Crippen MR) is 105 cm³/mol. The monoisotopic (exact) mass is 370 g/mol. The maximum atomic E-state index is 13.1. The molecule has 1 atom stereocenters. The maximum Gasteiger partial charge on any atom is 0.329 e. The molecule has 0 saturated heterocycles. The van der Waals surface area contributed by atoms with E-state index in [4.69, 9.17) is 4.74 Å². The minimum absolute atomic E-state index is 0.223. The van der Waals surface area contributed by atoms with E-state index >= 15 is 0 Å². The first-order chi connectivity index (χ1) is 12.4. The normalized spacial score (nSPS) is 12.5. The van der Waals surface area contributed by atoms with Crippen molar-refractivity contribution < 1.29 is 9.53 Å². The van der Waals surface area contributed by atoms with Gasteiger partial charge in [-0.3, -0.25) is 9.36 Å². The largest absolute Gasteiger partial charge is 0.461 e. The molecule has 0 aliphatic rings. The lowest BCUT2D eigenvalue weighted by Crippen LogP contribution is -2.30. The zero-order valence-electron chi connectivity index (χ0n) is 15.4. The molecule has 0 amide bonds. The van der Waals surface area contributed by atoms with Crippen molar-refractivity contribution in [3.8, 4) is 11.1 Å². The highest BCUT2D eigenvalue weighted by molar-refractivity contribution is 7.17. The maximum absolute atomic E-state index is 13.1. The van der Waals surface area contributed by atoms with Gasteiger partial charge in [0.15, 0.2) is 0 Å². The highest BCUT2D eigenvalue weighted by Gasteiger charge is 2.22. The van der Waals surface area contributed by atoms with Gasteiger partial charge in [0.1, 0.15) is 10.9 Å². The first-order valence-corrected chi connectivity index (χ1v) is 9.58. The number of hydrogen-bond donors (Lipinski definition) is 0. The highest BCUT2D eigenvalue weighted by atomic mass is 32.1. The lowest BCUT2D eigenvalue weighted by molar-refractivity contribution is -0.151. The number of aryl methyl sites for hydroxylation is 1. The number of aromatic nitrogens is 2. The standard InChI is InChI=1S/C20H22N2O3S/c1-5-14-6-8-15(9-7-14)16-10-26-18-17(16)19(23)22(11-21-18)13(4)20(24)25-12(2)3/h6-13H,5H2,1-4H3/t13-/m0/s1. The van der Waals surface area contributed by atoms with Crippen molar-refractivity contribution in [1.29, 1.82) is 0 Å². The molecule has 0 spiro atoms. The fourth-order valence-electron chi connectivity index (χ4n) is 2.80. The molecule has 5 nitrogen and oxygen atoms in total. The third-order valence-electron chi connectivity index (χ3n) is 4.30. The van der Waals surface area contributed by atoms with E-state index in [1.54, 1.807) is 20.8 Å². The number of ether oxygens (including phenoxy) is 1. The molecule has 0 radical (unpaired) electrons. The van der Waals surface area contributed by atoms with Crippen LogP contribution in [0.15, 0.2) is 40.8 Å². The molecule has 2 heterocycles. The summed E-state index contributed by atoms with van der Waals surface area (Å²) in [5.41, 5.74) is 2.85. The van der Waals surface area contributed by atoms with Crippen LogP contribution in [-0.2, 0) is 16.0 Å². The summed E-state index contributed by atoms with van der Waals surface area (Å²) in [5, 5.41) is 2.49. The number of thiophene rings is 1. The molecule has 3 rings (SSSR count). The topological polar surface area (TPSA) is 61.2 Å². The number of esters is 1. The smallest absolute Gasteiger partial charge is 0.329 e. The second-order valence-corrected chi connectivity index (χ2v) is 7.36. The minimum Gasteiger partial charge on any atom is -0.461 e. The van der Waals surface area contributed by atoms with Gasteiger partial charge in [0, 0.05) is 10.9 Å². The molecule has 0 unspecified atom stereocenters. The average molecular weight is 370 g/mol. The second kappa shape index (κ2) is 7.41. The fraction of sp³-hybridized carbons (Fsp3) is 0.350. The summed E-state index contributed by atoms with van der Waals surface area (Å²) < 4.78 is 6.58. The summed E-state index contributed by atoms with van der Waals surface area (Å²) in [4.78, 5) is 30.3. The molecule has 6 heteroatoms. The third kappa shape index (κ3) is 3.42. The Balaban J connectivity index is 2.08. The van der Waals surface area contributed by atoms with Crippen LogP contribution < -0.4 is 5.56 Å². The Morgan fingerprint density at radius 2 is 1.92 bits per heavy atom. The number of benzene rings is 1. The molecular formula is C20H22N2O3S. The number of fused-ring (bicyclic) bond motifs is 1. The average Bonchev–Trinajstić information content (AvgIpc) is 3.06. The van der Waals surface area contributed by atoms with Crippen molar-refractivity contribution >= 4 is 27.5 Å². The highest BCUT2D eigenvalue weighted by Crippen LogP contribution is 2.31. The van der Waals surface area contributed by atoms with Gasteiger partial charge in [-0.15, -0.1) is 11.3 Å². The van der Waals surface area contributed by atoms with E-state index < -0.39 is 12.0 Å². The zero-order valence-corrected chi connectivity index (χ0v) is 16.2. The van der Waals surface area contributed by atoms with E-state index in [2.05, 4.69) is 24.0 Å². The predicted octanol–water partition coefficient (Wildman–Crippen LogP) is 4.20. The van der Waals surface area contributed by atoms with Crippen LogP contribution in [0, 0.1) is 0 Å². The molecule has 0 bridgehead atoms. The Kier molecular flexibility index (Phi) is 5.23. The minimum atomic E-state index is -0.725. The van der Waals surface area contributed by atoms with Crippen molar-refractivity contribution in [2.24, 2.45) is 0 Å². The van der Waals surface area contributed by atoms with Gasteiger partial charge in [0.05, 0.1) is 17.8 Å². The van der Waals surface area contributed by atoms with Crippen LogP contribution >= 0.6 is 11.3 Å². The van der Waals surface area contributed by atoms with Crippen LogP contribution in [0.4, 0.5) is 0 Å². The molecule has 26 heavy (non-hydrogen) atoms. The van der Waals surface area contributed by atoms with Gasteiger partial charge in [0.25, 0.3) is 5.56 Å². The lowest BCUT2D eigenvalue weighted by Gasteiger charge is -2.16. The number of nitrogens with zero attached hydrogens (tertiary/aromatic N) is 2. The number of rotatable bonds is 5. The van der Waals surface area contributed by atoms with Crippen LogP contribution in [0.25, 0.3) is 21.3 Å².